The Labute approximate surface area is 135 Å². The molecule has 1 aliphatic heterocycles. The number of fused-ring (bicyclic) bond motifs is 1. The second-order valence-corrected chi connectivity index (χ2v) is 5.36. The number of carbonyl (C=O) groups excluding carboxylic acids is 1. The van der Waals surface area contributed by atoms with Crippen LogP contribution in [-0.2, 0) is 4.74 Å². The summed E-state index contributed by atoms with van der Waals surface area (Å²) in [5, 5.41) is 2.91. The van der Waals surface area contributed by atoms with Crippen LogP contribution in [0.25, 0.3) is 0 Å². The Bertz CT molecular complexity index is 714. The number of ether oxygens (including phenoxy) is 3. The first-order valence-electron chi connectivity index (χ1n) is 7.45. The fraction of sp³-hybridized carbons (Fsp3) is 0.278. The zero-order valence-electron chi connectivity index (χ0n) is 13.2. The maximum atomic E-state index is 12.3. The second-order valence-electron chi connectivity index (χ2n) is 5.36. The molecule has 2 aromatic rings. The molecule has 23 heavy (non-hydrogen) atoms. The van der Waals surface area contributed by atoms with Crippen molar-refractivity contribution in [2.24, 2.45) is 0 Å². The van der Waals surface area contributed by atoms with E-state index in [0.717, 1.165) is 11.1 Å². The Morgan fingerprint density at radius 1 is 1.22 bits per heavy atom. The van der Waals surface area contributed by atoms with Gasteiger partial charge in [-0.05, 0) is 36.2 Å². The Morgan fingerprint density at radius 2 is 2.00 bits per heavy atom. The Morgan fingerprint density at radius 3 is 2.78 bits per heavy atom. The van der Waals surface area contributed by atoms with Gasteiger partial charge in [0.2, 0.25) is 6.79 Å². The van der Waals surface area contributed by atoms with E-state index in [9.17, 15) is 4.79 Å². The van der Waals surface area contributed by atoms with Crippen LogP contribution in [0, 0.1) is 6.92 Å². The minimum Gasteiger partial charge on any atom is -0.454 e. The number of hydrogen-bond donors (Lipinski definition) is 1. The minimum atomic E-state index is -0.186. The van der Waals surface area contributed by atoms with Gasteiger partial charge >= 0.3 is 0 Å². The highest BCUT2D eigenvalue weighted by atomic mass is 16.7. The molecule has 2 aromatic carbocycles. The van der Waals surface area contributed by atoms with Crippen molar-refractivity contribution in [2.45, 2.75) is 13.0 Å². The first-order chi connectivity index (χ1) is 11.2. The van der Waals surface area contributed by atoms with E-state index >= 15 is 0 Å². The Balaban J connectivity index is 1.67. The number of rotatable bonds is 5. The van der Waals surface area contributed by atoms with Gasteiger partial charge in [0.25, 0.3) is 5.91 Å². The van der Waals surface area contributed by atoms with Crippen LogP contribution in [0.15, 0.2) is 42.5 Å². The van der Waals surface area contributed by atoms with Crippen LogP contribution in [0.5, 0.6) is 11.5 Å². The van der Waals surface area contributed by atoms with Crippen LogP contribution < -0.4 is 14.8 Å². The second kappa shape index (κ2) is 6.71. The van der Waals surface area contributed by atoms with Crippen molar-refractivity contribution in [2.75, 3.05) is 20.4 Å². The van der Waals surface area contributed by atoms with Gasteiger partial charge in [0.1, 0.15) is 0 Å². The molecule has 0 unspecified atom stereocenters. The average Bonchev–Trinajstić information content (AvgIpc) is 3.04. The summed E-state index contributed by atoms with van der Waals surface area (Å²) in [7, 11) is 1.64. The summed E-state index contributed by atoms with van der Waals surface area (Å²) in [6.45, 7) is 2.62. The van der Waals surface area contributed by atoms with E-state index < -0.39 is 0 Å². The van der Waals surface area contributed by atoms with Gasteiger partial charge in [-0.1, -0.05) is 24.3 Å². The number of aryl methyl sites for hydroxylation is 1. The van der Waals surface area contributed by atoms with Crippen molar-refractivity contribution in [3.8, 4) is 11.5 Å². The van der Waals surface area contributed by atoms with Crippen LogP contribution in [0.3, 0.4) is 0 Å². The molecule has 5 nitrogen and oxygen atoms in total. The lowest BCUT2D eigenvalue weighted by molar-refractivity contribution is 0.0825. The average molecular weight is 313 g/mol. The number of benzene rings is 2. The monoisotopic (exact) mass is 313 g/mol. The SMILES string of the molecule is CO[C@H](CNC(=O)c1ccc2c(c1)OCO2)c1ccccc1C. The molecule has 1 heterocycles. The molecule has 1 atom stereocenters. The third-order valence-electron chi connectivity index (χ3n) is 3.90. The smallest absolute Gasteiger partial charge is 0.251 e. The normalized spacial score (nSPS) is 13.7. The van der Waals surface area contributed by atoms with E-state index in [4.69, 9.17) is 14.2 Å². The van der Waals surface area contributed by atoms with E-state index in [1.54, 1.807) is 25.3 Å². The standard InChI is InChI=1S/C18H19NO4/c1-12-5-3-4-6-14(12)17(21-2)10-19-18(20)13-7-8-15-16(9-13)23-11-22-15/h3-9,17H,10-11H2,1-2H3,(H,19,20)/t17-/m1/s1. The molecule has 1 N–H and O–H groups in total. The number of hydrogen-bond acceptors (Lipinski definition) is 4. The summed E-state index contributed by atoms with van der Waals surface area (Å²) >= 11 is 0. The lowest BCUT2D eigenvalue weighted by Gasteiger charge is -2.18. The third-order valence-corrected chi connectivity index (χ3v) is 3.90. The van der Waals surface area contributed by atoms with Crippen molar-refractivity contribution < 1.29 is 19.0 Å². The molecule has 0 radical (unpaired) electrons. The van der Waals surface area contributed by atoms with Crippen LogP contribution in [0.4, 0.5) is 0 Å². The molecule has 1 amide bonds. The first-order valence-corrected chi connectivity index (χ1v) is 7.45. The summed E-state index contributed by atoms with van der Waals surface area (Å²) in [5.41, 5.74) is 2.74. The van der Waals surface area contributed by atoms with Gasteiger partial charge in [0.05, 0.1) is 6.10 Å². The van der Waals surface area contributed by atoms with Gasteiger partial charge in [-0.2, -0.15) is 0 Å². The summed E-state index contributed by atoms with van der Waals surface area (Å²) in [6.07, 6.45) is -0.186. The maximum absolute atomic E-state index is 12.3. The van der Waals surface area contributed by atoms with Crippen LogP contribution >= 0.6 is 0 Å². The van der Waals surface area contributed by atoms with Crippen LogP contribution in [-0.4, -0.2) is 26.4 Å². The van der Waals surface area contributed by atoms with Gasteiger partial charge < -0.3 is 19.5 Å². The van der Waals surface area contributed by atoms with Gasteiger partial charge in [-0.25, -0.2) is 0 Å². The third kappa shape index (κ3) is 3.29. The lowest BCUT2D eigenvalue weighted by atomic mass is 10.0. The largest absolute Gasteiger partial charge is 0.454 e. The zero-order chi connectivity index (χ0) is 16.2. The van der Waals surface area contributed by atoms with E-state index in [1.807, 2.05) is 31.2 Å². The quantitative estimate of drug-likeness (QED) is 0.922. The predicted octanol–water partition coefficient (Wildman–Crippen LogP) is 2.84. The summed E-state index contributed by atoms with van der Waals surface area (Å²) in [6, 6.07) is 13.1. The van der Waals surface area contributed by atoms with Gasteiger partial charge in [-0.15, -0.1) is 0 Å². The van der Waals surface area contributed by atoms with E-state index in [-0.39, 0.29) is 18.8 Å². The molecule has 0 saturated heterocycles. The van der Waals surface area contributed by atoms with E-state index in [2.05, 4.69) is 5.32 Å². The molecule has 1 aliphatic rings. The Kier molecular flexibility index (Phi) is 4.48. The molecule has 0 saturated carbocycles. The summed E-state index contributed by atoms with van der Waals surface area (Å²) in [5.74, 6) is 1.09. The highest BCUT2D eigenvalue weighted by Gasteiger charge is 2.18. The number of methoxy groups -OCH3 is 1. The highest BCUT2D eigenvalue weighted by Crippen LogP contribution is 2.32. The molecule has 120 valence electrons. The van der Waals surface area contributed by atoms with Crippen molar-refractivity contribution in [1.82, 2.24) is 5.32 Å². The molecule has 3 rings (SSSR count). The molecule has 5 heteroatoms. The molecule has 0 bridgehead atoms. The van der Waals surface area contributed by atoms with Crippen molar-refractivity contribution >= 4 is 5.91 Å². The molecular weight excluding hydrogens is 294 g/mol. The number of amides is 1. The molecule has 0 aromatic heterocycles. The van der Waals surface area contributed by atoms with Gasteiger partial charge in [0, 0.05) is 19.2 Å². The topological polar surface area (TPSA) is 56.8 Å². The predicted molar refractivity (Wildman–Crippen MR) is 85.8 cm³/mol. The highest BCUT2D eigenvalue weighted by molar-refractivity contribution is 5.94. The maximum Gasteiger partial charge on any atom is 0.251 e. The summed E-state index contributed by atoms with van der Waals surface area (Å²) in [4.78, 5) is 12.3. The Hall–Kier alpha value is -2.53. The first kappa shape index (κ1) is 15.4. The van der Waals surface area contributed by atoms with Gasteiger partial charge in [0.15, 0.2) is 11.5 Å². The van der Waals surface area contributed by atoms with Crippen molar-refractivity contribution in [3.63, 3.8) is 0 Å². The lowest BCUT2D eigenvalue weighted by Crippen LogP contribution is -2.29. The van der Waals surface area contributed by atoms with Gasteiger partial charge in [-0.3, -0.25) is 4.79 Å². The fourth-order valence-corrected chi connectivity index (χ4v) is 2.59. The molecule has 0 spiro atoms. The van der Waals surface area contributed by atoms with Crippen molar-refractivity contribution in [3.05, 3.63) is 59.2 Å². The fourth-order valence-electron chi connectivity index (χ4n) is 2.59. The van der Waals surface area contributed by atoms with E-state index in [1.165, 1.54) is 0 Å². The minimum absolute atomic E-state index is 0.168. The van der Waals surface area contributed by atoms with Crippen molar-refractivity contribution in [1.29, 1.82) is 0 Å². The van der Waals surface area contributed by atoms with Crippen LogP contribution in [0.1, 0.15) is 27.6 Å². The van der Waals surface area contributed by atoms with E-state index in [0.29, 0.717) is 23.6 Å². The molecule has 0 fully saturated rings. The molecule has 0 aliphatic carbocycles. The van der Waals surface area contributed by atoms with Crippen LogP contribution in [0.2, 0.25) is 0 Å². The number of nitrogens with one attached hydrogen (secondary N) is 1. The molecular formula is C18H19NO4. The summed E-state index contributed by atoms with van der Waals surface area (Å²) < 4.78 is 16.1. The zero-order valence-corrected chi connectivity index (χ0v) is 13.2. The number of carbonyl (C=O) groups is 1.